The molecule has 1 heterocycles. The van der Waals surface area contributed by atoms with Gasteiger partial charge in [0.15, 0.2) is 10.4 Å². The summed E-state index contributed by atoms with van der Waals surface area (Å²) < 4.78 is 19.2. The van der Waals surface area contributed by atoms with Crippen LogP contribution in [-0.2, 0) is 0 Å². The van der Waals surface area contributed by atoms with Crippen LogP contribution in [0, 0.1) is 10.5 Å². The van der Waals surface area contributed by atoms with Crippen LogP contribution in [0.15, 0.2) is 24.5 Å². The Bertz CT molecular complexity index is 615. The van der Waals surface area contributed by atoms with Crippen molar-refractivity contribution in [1.82, 2.24) is 9.97 Å². The molecular formula is C11H8ClFN2OS. The summed E-state index contributed by atoms with van der Waals surface area (Å²) in [6.07, 6.45) is 1.40. The summed E-state index contributed by atoms with van der Waals surface area (Å²) in [6, 6.07) is 4.38. The smallest absolute Gasteiger partial charge is 0.179 e. The van der Waals surface area contributed by atoms with Gasteiger partial charge in [-0.2, -0.15) is 0 Å². The van der Waals surface area contributed by atoms with Crippen molar-refractivity contribution in [2.24, 2.45) is 0 Å². The van der Waals surface area contributed by atoms with Crippen molar-refractivity contribution in [3.05, 3.63) is 40.0 Å². The number of aromatic amines is 1. The van der Waals surface area contributed by atoms with E-state index in [0.717, 1.165) is 0 Å². The molecule has 0 radical (unpaired) electrons. The molecular weight excluding hydrogens is 263 g/mol. The Balaban J connectivity index is 2.68. The SMILES string of the molecule is COc1c(-c2ccc(Cl)cc2F)[nH]cnc1=S. The Labute approximate surface area is 107 Å². The van der Waals surface area contributed by atoms with Gasteiger partial charge in [0.05, 0.1) is 19.1 Å². The quantitative estimate of drug-likeness (QED) is 0.847. The first-order valence-corrected chi connectivity index (χ1v) is 5.49. The number of hydrogen-bond donors (Lipinski definition) is 1. The van der Waals surface area contributed by atoms with Gasteiger partial charge in [0.2, 0.25) is 0 Å². The zero-order valence-corrected chi connectivity index (χ0v) is 10.4. The van der Waals surface area contributed by atoms with Crippen molar-refractivity contribution in [1.29, 1.82) is 0 Å². The molecule has 1 N–H and O–H groups in total. The average molecular weight is 271 g/mol. The van der Waals surface area contributed by atoms with Gasteiger partial charge >= 0.3 is 0 Å². The van der Waals surface area contributed by atoms with Crippen LogP contribution in [0.5, 0.6) is 5.75 Å². The first-order valence-electron chi connectivity index (χ1n) is 4.70. The molecule has 3 nitrogen and oxygen atoms in total. The number of methoxy groups -OCH3 is 1. The van der Waals surface area contributed by atoms with Gasteiger partial charge in [0, 0.05) is 10.6 Å². The molecule has 17 heavy (non-hydrogen) atoms. The summed E-state index contributed by atoms with van der Waals surface area (Å²) in [4.78, 5) is 6.69. The summed E-state index contributed by atoms with van der Waals surface area (Å²) in [6.45, 7) is 0. The van der Waals surface area contributed by atoms with Gasteiger partial charge in [-0.15, -0.1) is 0 Å². The Morgan fingerprint density at radius 2 is 2.24 bits per heavy atom. The van der Waals surface area contributed by atoms with Crippen LogP contribution >= 0.6 is 23.8 Å². The third-order valence-corrected chi connectivity index (χ3v) is 2.74. The van der Waals surface area contributed by atoms with Gasteiger partial charge in [0.25, 0.3) is 0 Å². The van der Waals surface area contributed by atoms with Crippen LogP contribution in [0.25, 0.3) is 11.3 Å². The molecule has 2 rings (SSSR count). The summed E-state index contributed by atoms with van der Waals surface area (Å²) >= 11 is 10.7. The van der Waals surface area contributed by atoms with Crippen LogP contribution in [-0.4, -0.2) is 17.1 Å². The van der Waals surface area contributed by atoms with Crippen molar-refractivity contribution < 1.29 is 9.13 Å². The second-order valence-corrected chi connectivity index (χ2v) is 4.06. The number of aromatic nitrogens is 2. The van der Waals surface area contributed by atoms with E-state index in [1.54, 1.807) is 12.1 Å². The van der Waals surface area contributed by atoms with E-state index in [-0.39, 0.29) is 4.64 Å². The van der Waals surface area contributed by atoms with E-state index in [0.29, 0.717) is 22.0 Å². The van der Waals surface area contributed by atoms with E-state index in [9.17, 15) is 4.39 Å². The third kappa shape index (κ3) is 2.30. The van der Waals surface area contributed by atoms with E-state index in [2.05, 4.69) is 9.97 Å². The predicted molar refractivity (Wildman–Crippen MR) is 66.4 cm³/mol. The van der Waals surface area contributed by atoms with E-state index in [4.69, 9.17) is 28.6 Å². The lowest BCUT2D eigenvalue weighted by Crippen LogP contribution is -1.96. The fourth-order valence-corrected chi connectivity index (χ4v) is 1.87. The summed E-state index contributed by atoms with van der Waals surface area (Å²) in [5, 5.41) is 0.331. The Hall–Kier alpha value is -1.46. The predicted octanol–water partition coefficient (Wildman–Crippen LogP) is 3.61. The van der Waals surface area contributed by atoms with Crippen LogP contribution in [0.3, 0.4) is 0 Å². The molecule has 0 aliphatic carbocycles. The fraction of sp³-hybridized carbons (Fsp3) is 0.0909. The van der Waals surface area contributed by atoms with E-state index >= 15 is 0 Å². The molecule has 0 unspecified atom stereocenters. The largest absolute Gasteiger partial charge is 0.491 e. The molecule has 0 atom stereocenters. The first kappa shape index (κ1) is 12.0. The molecule has 0 bridgehead atoms. The average Bonchev–Trinajstić information content (AvgIpc) is 2.29. The summed E-state index contributed by atoms with van der Waals surface area (Å²) in [7, 11) is 1.46. The lowest BCUT2D eigenvalue weighted by molar-refractivity contribution is 0.410. The van der Waals surface area contributed by atoms with Crippen LogP contribution in [0.1, 0.15) is 0 Å². The normalized spacial score (nSPS) is 10.3. The Morgan fingerprint density at radius 1 is 1.47 bits per heavy atom. The molecule has 1 aromatic carbocycles. The van der Waals surface area contributed by atoms with Crippen LogP contribution in [0.4, 0.5) is 4.39 Å². The number of benzene rings is 1. The van der Waals surface area contributed by atoms with Crippen molar-refractivity contribution in [3.8, 4) is 17.0 Å². The highest BCUT2D eigenvalue weighted by Crippen LogP contribution is 2.30. The molecule has 0 amide bonds. The molecule has 0 saturated carbocycles. The number of hydrogen-bond acceptors (Lipinski definition) is 3. The maximum Gasteiger partial charge on any atom is 0.179 e. The van der Waals surface area contributed by atoms with E-state index in [1.807, 2.05) is 0 Å². The number of H-pyrrole nitrogens is 1. The van der Waals surface area contributed by atoms with Gasteiger partial charge in [-0.1, -0.05) is 23.8 Å². The fourth-order valence-electron chi connectivity index (χ4n) is 1.47. The molecule has 6 heteroatoms. The maximum atomic E-state index is 13.8. The van der Waals surface area contributed by atoms with E-state index in [1.165, 1.54) is 19.5 Å². The summed E-state index contributed by atoms with van der Waals surface area (Å²) in [5.41, 5.74) is 0.779. The molecule has 0 aliphatic heterocycles. The molecule has 2 aromatic rings. The van der Waals surface area contributed by atoms with Crippen molar-refractivity contribution in [2.45, 2.75) is 0 Å². The van der Waals surface area contributed by atoms with Gasteiger partial charge in [0.1, 0.15) is 5.82 Å². The molecule has 1 aromatic heterocycles. The third-order valence-electron chi connectivity index (χ3n) is 2.22. The topological polar surface area (TPSA) is 37.9 Å². The van der Waals surface area contributed by atoms with Gasteiger partial charge < -0.3 is 9.72 Å². The Morgan fingerprint density at radius 3 is 2.88 bits per heavy atom. The molecule has 88 valence electrons. The van der Waals surface area contributed by atoms with Gasteiger partial charge in [-0.05, 0) is 18.2 Å². The number of nitrogens with zero attached hydrogens (tertiary/aromatic N) is 1. The van der Waals surface area contributed by atoms with Crippen LogP contribution in [0.2, 0.25) is 5.02 Å². The van der Waals surface area contributed by atoms with Crippen LogP contribution < -0.4 is 4.74 Å². The Kier molecular flexibility index (Phi) is 3.40. The first-order chi connectivity index (χ1) is 8.13. The highest BCUT2D eigenvalue weighted by molar-refractivity contribution is 7.71. The highest BCUT2D eigenvalue weighted by atomic mass is 35.5. The molecule has 0 spiro atoms. The lowest BCUT2D eigenvalue weighted by atomic mass is 10.1. The van der Waals surface area contributed by atoms with Gasteiger partial charge in [-0.3, -0.25) is 0 Å². The minimum absolute atomic E-state index is 0.274. The zero-order valence-electron chi connectivity index (χ0n) is 8.83. The van der Waals surface area contributed by atoms with Gasteiger partial charge in [-0.25, -0.2) is 9.37 Å². The lowest BCUT2D eigenvalue weighted by Gasteiger charge is -2.08. The number of ether oxygens (including phenoxy) is 1. The summed E-state index contributed by atoms with van der Waals surface area (Å²) in [5.74, 6) is -0.114. The van der Waals surface area contributed by atoms with Crippen molar-refractivity contribution in [2.75, 3.05) is 7.11 Å². The number of rotatable bonds is 2. The second kappa shape index (κ2) is 4.81. The monoisotopic (exact) mass is 270 g/mol. The zero-order chi connectivity index (χ0) is 12.4. The number of nitrogens with one attached hydrogen (secondary N) is 1. The molecule has 0 fully saturated rings. The molecule has 0 saturated heterocycles. The molecule has 0 aliphatic rings. The van der Waals surface area contributed by atoms with Crippen molar-refractivity contribution >= 4 is 23.8 Å². The minimum atomic E-state index is -0.451. The number of halogens is 2. The standard InChI is InChI=1S/C11H8ClFN2OS/c1-16-10-9(14-5-15-11(10)17)7-3-2-6(12)4-8(7)13/h2-5H,1H3,(H,14,15,17). The second-order valence-electron chi connectivity index (χ2n) is 3.24. The minimum Gasteiger partial charge on any atom is -0.491 e. The maximum absolute atomic E-state index is 13.8. The van der Waals surface area contributed by atoms with E-state index < -0.39 is 5.82 Å². The van der Waals surface area contributed by atoms with Crippen molar-refractivity contribution in [3.63, 3.8) is 0 Å². The highest BCUT2D eigenvalue weighted by Gasteiger charge is 2.12.